The zero-order valence-corrected chi connectivity index (χ0v) is 25.1. The molecule has 0 aromatic heterocycles. The van der Waals surface area contributed by atoms with Crippen molar-refractivity contribution < 1.29 is 79.6 Å². The summed E-state index contributed by atoms with van der Waals surface area (Å²) >= 11 is 0. The molecule has 12 heteroatoms. The van der Waals surface area contributed by atoms with Gasteiger partial charge in [0.05, 0.1) is 43.2 Å². The molecule has 30 heavy (non-hydrogen) atoms. The summed E-state index contributed by atoms with van der Waals surface area (Å²) in [4.78, 5) is 12.4. The second-order valence-electron chi connectivity index (χ2n) is 7.97. The molecule has 8 atom stereocenters. The van der Waals surface area contributed by atoms with Gasteiger partial charge in [0.1, 0.15) is 12.2 Å². The SMILES string of the molecule is CC(C)OC[C@H]1O[C@@H](C)[C@@H](N)C1OP(=O)([O-])O[CH-][C@H]1O[C@@H](C)CC1OC(C)C.[W].[W]. The van der Waals surface area contributed by atoms with E-state index >= 15 is 0 Å². The molecule has 2 rings (SSSR count). The molecule has 0 bridgehead atoms. The van der Waals surface area contributed by atoms with Gasteiger partial charge in [-0.25, -0.2) is 0 Å². The molecule has 0 radical (unpaired) electrons. The Morgan fingerprint density at radius 1 is 1.17 bits per heavy atom. The van der Waals surface area contributed by atoms with Crippen molar-refractivity contribution in [3.63, 3.8) is 0 Å². The van der Waals surface area contributed by atoms with Crippen molar-refractivity contribution >= 4 is 7.82 Å². The van der Waals surface area contributed by atoms with Crippen molar-refractivity contribution in [3.8, 4) is 0 Å². The van der Waals surface area contributed by atoms with E-state index in [1.165, 1.54) is 0 Å². The van der Waals surface area contributed by atoms with E-state index in [1.54, 1.807) is 6.92 Å². The summed E-state index contributed by atoms with van der Waals surface area (Å²) in [6.45, 7) is 12.5. The molecular formula is C18H34NO8PW2-2. The fraction of sp³-hybridized carbons (Fsp3) is 0.944. The van der Waals surface area contributed by atoms with E-state index < -0.39 is 32.2 Å². The molecule has 2 heterocycles. The smallest absolute Gasteiger partial charge is 0.237 e. The zero-order chi connectivity index (χ0) is 21.1. The third-order valence-corrected chi connectivity index (χ3v) is 5.49. The Morgan fingerprint density at radius 2 is 1.80 bits per heavy atom. The summed E-state index contributed by atoms with van der Waals surface area (Å²) in [5.41, 5.74) is 6.06. The van der Waals surface area contributed by atoms with Crippen molar-refractivity contribution in [2.75, 3.05) is 6.61 Å². The molecule has 3 unspecified atom stereocenters. The van der Waals surface area contributed by atoms with Crippen LogP contribution in [-0.4, -0.2) is 61.5 Å². The number of phosphoric ester groups is 1. The van der Waals surface area contributed by atoms with Gasteiger partial charge in [-0.3, -0.25) is 4.57 Å². The standard InChI is InChI=1S/C18H35NO8P.2W/c1-10(2)22-8-16-18(17(19)13(6)26-16)27-28(20,21)23-9-15-14(24-11(3)4)7-12(5)25-15;;/h9-18H,7-8,19H2,1-6H3,(H,20,21);;/q-1;;/p-1/t12-,13-,14?,15+,16+,17+,18?;;/m0../s1. The Kier molecular flexibility index (Phi) is 14.5. The predicted octanol–water partition coefficient (Wildman–Crippen LogP) is 1.52. The van der Waals surface area contributed by atoms with Crippen molar-refractivity contribution in [1.82, 2.24) is 0 Å². The topological polar surface area (TPSA) is 122 Å². The normalized spacial score (nSPS) is 35.9. The first-order chi connectivity index (χ1) is 13.0. The van der Waals surface area contributed by atoms with Crippen LogP contribution < -0.4 is 10.6 Å². The third kappa shape index (κ3) is 9.65. The van der Waals surface area contributed by atoms with Crippen LogP contribution in [-0.2, 0) is 74.7 Å². The molecule has 9 nitrogen and oxygen atoms in total. The third-order valence-electron chi connectivity index (χ3n) is 4.61. The first kappa shape index (κ1) is 31.3. The molecule has 0 aromatic rings. The van der Waals surface area contributed by atoms with Crippen LogP contribution in [0.5, 0.6) is 0 Å². The number of ether oxygens (including phenoxy) is 4. The molecular weight excluding hydrogens is 757 g/mol. The largest absolute Gasteiger partial charge is 0.758 e. The van der Waals surface area contributed by atoms with Crippen LogP contribution >= 0.6 is 7.82 Å². The van der Waals surface area contributed by atoms with Crippen LogP contribution in [0.25, 0.3) is 0 Å². The van der Waals surface area contributed by atoms with Gasteiger partial charge in [-0.05, 0) is 54.1 Å². The van der Waals surface area contributed by atoms with Gasteiger partial charge in [0.25, 0.3) is 0 Å². The molecule has 0 aromatic carbocycles. The van der Waals surface area contributed by atoms with Gasteiger partial charge in [0.2, 0.25) is 7.82 Å². The van der Waals surface area contributed by atoms with Crippen molar-refractivity contribution in [2.45, 2.75) is 103 Å². The van der Waals surface area contributed by atoms with Crippen LogP contribution in [0.2, 0.25) is 0 Å². The molecule has 2 saturated heterocycles. The van der Waals surface area contributed by atoms with Gasteiger partial charge < -0.3 is 38.6 Å². The number of hydrogen-bond acceptors (Lipinski definition) is 9. The molecule has 0 spiro atoms. The summed E-state index contributed by atoms with van der Waals surface area (Å²) in [5, 5.41) is 0. The summed E-state index contributed by atoms with van der Waals surface area (Å²) in [6, 6.07) is -0.619. The summed E-state index contributed by atoms with van der Waals surface area (Å²) in [7, 11) is -4.68. The molecule has 0 saturated carbocycles. The maximum atomic E-state index is 12.4. The van der Waals surface area contributed by atoms with Crippen molar-refractivity contribution in [1.29, 1.82) is 0 Å². The van der Waals surface area contributed by atoms with Gasteiger partial charge in [-0.2, -0.15) is 6.61 Å². The molecule has 2 aliphatic rings. The maximum Gasteiger partial charge on any atom is 0.237 e. The van der Waals surface area contributed by atoms with E-state index in [0.29, 0.717) is 6.42 Å². The van der Waals surface area contributed by atoms with Crippen LogP contribution in [0.15, 0.2) is 0 Å². The van der Waals surface area contributed by atoms with Crippen LogP contribution in [0.3, 0.4) is 0 Å². The summed E-state index contributed by atoms with van der Waals surface area (Å²) in [5.74, 6) is 0. The van der Waals surface area contributed by atoms with E-state index in [2.05, 4.69) is 0 Å². The quantitative estimate of drug-likeness (QED) is 0.260. The molecule has 0 amide bonds. The Morgan fingerprint density at radius 3 is 2.37 bits per heavy atom. The van der Waals surface area contributed by atoms with E-state index in [9.17, 15) is 9.46 Å². The molecule has 2 fully saturated rings. The van der Waals surface area contributed by atoms with Crippen LogP contribution in [0.4, 0.5) is 0 Å². The zero-order valence-electron chi connectivity index (χ0n) is 18.3. The Balaban J connectivity index is 0.00000420. The number of rotatable bonds is 10. The van der Waals surface area contributed by atoms with Crippen molar-refractivity contribution in [2.24, 2.45) is 5.73 Å². The van der Waals surface area contributed by atoms with Gasteiger partial charge in [-0.15, -0.1) is 0 Å². The molecule has 0 aliphatic carbocycles. The number of nitrogens with two attached hydrogens (primary N) is 1. The average Bonchev–Trinajstić information content (AvgIpc) is 3.04. The minimum atomic E-state index is -4.68. The first-order valence-electron chi connectivity index (χ1n) is 9.83. The molecule has 178 valence electrons. The van der Waals surface area contributed by atoms with E-state index in [-0.39, 0.29) is 79.3 Å². The minimum absolute atomic E-state index is 0. The number of hydrogen-bond donors (Lipinski definition) is 1. The van der Waals surface area contributed by atoms with Crippen LogP contribution in [0.1, 0.15) is 48.0 Å². The number of phosphoric acid groups is 1. The van der Waals surface area contributed by atoms with Gasteiger partial charge in [-0.1, -0.05) is 0 Å². The fourth-order valence-electron chi connectivity index (χ4n) is 3.30. The maximum absolute atomic E-state index is 12.4. The second-order valence-corrected chi connectivity index (χ2v) is 9.28. The van der Waals surface area contributed by atoms with E-state index in [4.69, 9.17) is 33.7 Å². The average molecular weight is 791 g/mol. The van der Waals surface area contributed by atoms with Gasteiger partial charge in [0.15, 0.2) is 0 Å². The van der Waals surface area contributed by atoms with Crippen molar-refractivity contribution in [3.05, 3.63) is 6.61 Å². The monoisotopic (exact) mass is 791 g/mol. The summed E-state index contributed by atoms with van der Waals surface area (Å²) in [6.07, 6.45) is -2.18. The van der Waals surface area contributed by atoms with E-state index in [1.807, 2.05) is 34.6 Å². The van der Waals surface area contributed by atoms with E-state index in [0.717, 1.165) is 6.61 Å². The van der Waals surface area contributed by atoms with Gasteiger partial charge >= 0.3 is 0 Å². The van der Waals surface area contributed by atoms with Gasteiger partial charge in [0, 0.05) is 42.1 Å². The Labute approximate surface area is 208 Å². The fourth-order valence-corrected chi connectivity index (χ4v) is 4.19. The predicted molar refractivity (Wildman–Crippen MR) is 100 cm³/mol. The van der Waals surface area contributed by atoms with Crippen LogP contribution in [0, 0.1) is 6.61 Å². The molecule has 2 aliphatic heterocycles. The summed E-state index contributed by atoms with van der Waals surface area (Å²) < 4.78 is 45.3. The molecule has 2 N–H and O–H groups in total. The Hall–Kier alpha value is 1.29. The first-order valence-corrected chi connectivity index (χ1v) is 11.3. The Bertz CT molecular complexity index is 544. The second kappa shape index (κ2) is 13.9. The minimum Gasteiger partial charge on any atom is -0.758 e.